The molecule has 108 valence electrons. The summed E-state index contributed by atoms with van der Waals surface area (Å²) in [6, 6.07) is 12.2. The first kappa shape index (κ1) is 13.0. The minimum Gasteiger partial charge on any atom is -0.207 e. The van der Waals surface area contributed by atoms with Gasteiger partial charge in [0.15, 0.2) is 5.82 Å². The first-order valence-electron chi connectivity index (χ1n) is 6.45. The second kappa shape index (κ2) is 4.96. The Morgan fingerprint density at radius 1 is 0.864 bits per heavy atom. The third kappa shape index (κ3) is 2.15. The molecule has 7 heteroatoms. The van der Waals surface area contributed by atoms with Gasteiger partial charge in [-0.25, -0.2) is 8.78 Å². The summed E-state index contributed by atoms with van der Waals surface area (Å²) in [5.74, 6) is -0.172. The van der Waals surface area contributed by atoms with Gasteiger partial charge in [-0.05, 0) is 36.4 Å². The van der Waals surface area contributed by atoms with Crippen molar-refractivity contribution in [2.75, 3.05) is 0 Å². The largest absolute Gasteiger partial charge is 0.235 e. The highest BCUT2D eigenvalue weighted by molar-refractivity contribution is 7.19. The van der Waals surface area contributed by atoms with Gasteiger partial charge in [0.25, 0.3) is 0 Å². The van der Waals surface area contributed by atoms with Gasteiger partial charge in [-0.3, -0.25) is 0 Å². The van der Waals surface area contributed by atoms with Crippen LogP contribution in [0.25, 0.3) is 26.9 Å². The molecule has 22 heavy (non-hydrogen) atoms. The van der Waals surface area contributed by atoms with Crippen molar-refractivity contribution in [1.82, 2.24) is 19.8 Å². The van der Waals surface area contributed by atoms with Crippen LogP contribution >= 0.6 is 11.3 Å². The summed E-state index contributed by atoms with van der Waals surface area (Å²) in [5, 5.41) is 13.3. The van der Waals surface area contributed by atoms with E-state index >= 15 is 0 Å². The lowest BCUT2D eigenvalue weighted by Gasteiger charge is -1.97. The molecule has 0 radical (unpaired) electrons. The van der Waals surface area contributed by atoms with Gasteiger partial charge in [-0.15, -0.1) is 10.2 Å². The van der Waals surface area contributed by atoms with Crippen LogP contribution in [0.4, 0.5) is 8.78 Å². The summed E-state index contributed by atoms with van der Waals surface area (Å²) in [4.78, 5) is 0.596. The highest BCUT2D eigenvalue weighted by Gasteiger charge is 2.14. The summed E-state index contributed by atoms with van der Waals surface area (Å²) >= 11 is 1.34. The molecule has 2 aromatic heterocycles. The fourth-order valence-electron chi connectivity index (χ4n) is 2.13. The molecule has 2 aromatic carbocycles. The van der Waals surface area contributed by atoms with E-state index in [9.17, 15) is 8.78 Å². The Balaban J connectivity index is 1.84. The van der Waals surface area contributed by atoms with Crippen LogP contribution in [0.3, 0.4) is 0 Å². The smallest absolute Gasteiger partial charge is 0.207 e. The van der Waals surface area contributed by atoms with Gasteiger partial charge in [0.05, 0.1) is 0 Å². The lowest BCUT2D eigenvalue weighted by Crippen LogP contribution is -1.91. The molecule has 4 rings (SSSR count). The molecule has 0 bridgehead atoms. The van der Waals surface area contributed by atoms with Crippen molar-refractivity contribution in [3.05, 3.63) is 60.2 Å². The van der Waals surface area contributed by atoms with Crippen LogP contribution in [0.5, 0.6) is 0 Å². The van der Waals surface area contributed by atoms with Crippen molar-refractivity contribution in [3.63, 3.8) is 0 Å². The topological polar surface area (TPSA) is 43.1 Å². The molecule has 0 aliphatic carbocycles. The maximum Gasteiger partial charge on any atom is 0.235 e. The molecule has 2 heterocycles. The third-order valence-corrected chi connectivity index (χ3v) is 4.11. The van der Waals surface area contributed by atoms with Crippen molar-refractivity contribution in [3.8, 4) is 22.0 Å². The molecule has 4 aromatic rings. The quantitative estimate of drug-likeness (QED) is 0.565. The van der Waals surface area contributed by atoms with Gasteiger partial charge in [0.1, 0.15) is 16.6 Å². The van der Waals surface area contributed by atoms with Gasteiger partial charge in [-0.2, -0.15) is 9.61 Å². The Morgan fingerprint density at radius 2 is 1.68 bits per heavy atom. The number of hydrogen-bond donors (Lipinski definition) is 0. The summed E-state index contributed by atoms with van der Waals surface area (Å²) in [5.41, 5.74) is 1.39. The Bertz CT molecular complexity index is 959. The van der Waals surface area contributed by atoms with Gasteiger partial charge >= 0.3 is 0 Å². The van der Waals surface area contributed by atoms with Gasteiger partial charge in [0.2, 0.25) is 4.96 Å². The highest BCUT2D eigenvalue weighted by Crippen LogP contribution is 2.28. The number of halogens is 2. The van der Waals surface area contributed by atoms with Gasteiger partial charge < -0.3 is 0 Å². The molecule has 0 saturated heterocycles. The van der Waals surface area contributed by atoms with E-state index in [-0.39, 0.29) is 11.6 Å². The highest BCUT2D eigenvalue weighted by atomic mass is 32.1. The lowest BCUT2D eigenvalue weighted by molar-refractivity contribution is 0.627. The average Bonchev–Trinajstić information content (AvgIpc) is 3.08. The van der Waals surface area contributed by atoms with E-state index in [1.54, 1.807) is 28.8 Å². The minimum atomic E-state index is -0.344. The molecule has 0 N–H and O–H groups in total. The zero-order chi connectivity index (χ0) is 15.1. The third-order valence-electron chi connectivity index (χ3n) is 3.16. The first-order valence-corrected chi connectivity index (χ1v) is 7.26. The number of nitrogens with zero attached hydrogens (tertiary/aromatic N) is 4. The number of rotatable bonds is 2. The van der Waals surface area contributed by atoms with E-state index in [2.05, 4.69) is 15.3 Å². The van der Waals surface area contributed by atoms with Crippen LogP contribution in [0, 0.1) is 11.6 Å². The summed E-state index contributed by atoms with van der Waals surface area (Å²) < 4.78 is 27.9. The van der Waals surface area contributed by atoms with Crippen LogP contribution < -0.4 is 0 Å². The molecule has 0 saturated carbocycles. The number of benzene rings is 2. The minimum absolute atomic E-state index is 0.299. The van der Waals surface area contributed by atoms with E-state index in [4.69, 9.17) is 0 Å². The van der Waals surface area contributed by atoms with Crippen LogP contribution in [0.1, 0.15) is 0 Å². The second-order valence-electron chi connectivity index (χ2n) is 4.64. The standard InChI is InChI=1S/C15H8F2N4S/c16-11-6-4-9(5-7-11)14-20-21-13(18-19-15(21)22-14)10-2-1-3-12(17)8-10/h1-8H. The maximum atomic E-state index is 13.4. The van der Waals surface area contributed by atoms with Crippen molar-refractivity contribution in [2.45, 2.75) is 0 Å². The van der Waals surface area contributed by atoms with Crippen LogP contribution in [-0.4, -0.2) is 19.8 Å². The zero-order valence-electron chi connectivity index (χ0n) is 11.1. The van der Waals surface area contributed by atoms with E-state index in [0.29, 0.717) is 21.4 Å². The van der Waals surface area contributed by atoms with E-state index in [1.807, 2.05) is 0 Å². The molecular formula is C15H8F2N4S. The van der Waals surface area contributed by atoms with Crippen molar-refractivity contribution in [2.24, 2.45) is 0 Å². The van der Waals surface area contributed by atoms with E-state index in [0.717, 1.165) is 5.56 Å². The molecule has 0 atom stereocenters. The monoisotopic (exact) mass is 314 g/mol. The number of hydrogen-bond acceptors (Lipinski definition) is 4. The Kier molecular flexibility index (Phi) is 2.93. The zero-order valence-corrected chi connectivity index (χ0v) is 11.9. The average molecular weight is 314 g/mol. The fraction of sp³-hybridized carbons (Fsp3) is 0. The van der Waals surface area contributed by atoms with Crippen molar-refractivity contribution in [1.29, 1.82) is 0 Å². The summed E-state index contributed by atoms with van der Waals surface area (Å²) in [7, 11) is 0. The summed E-state index contributed by atoms with van der Waals surface area (Å²) in [6.07, 6.45) is 0. The molecular weight excluding hydrogens is 306 g/mol. The second-order valence-corrected chi connectivity index (χ2v) is 5.60. The van der Waals surface area contributed by atoms with Crippen molar-refractivity contribution >= 4 is 16.3 Å². The SMILES string of the molecule is Fc1ccc(-c2nn3c(-c4cccc(F)c4)nnc3s2)cc1. The number of fused-ring (bicyclic) bond motifs is 1. The van der Waals surface area contributed by atoms with Crippen LogP contribution in [0.2, 0.25) is 0 Å². The number of aromatic nitrogens is 4. The van der Waals surface area contributed by atoms with Crippen molar-refractivity contribution < 1.29 is 8.78 Å². The van der Waals surface area contributed by atoms with Gasteiger partial charge in [-0.1, -0.05) is 23.5 Å². The fourth-order valence-corrected chi connectivity index (χ4v) is 2.98. The predicted molar refractivity (Wildman–Crippen MR) is 79.4 cm³/mol. The van der Waals surface area contributed by atoms with Crippen LogP contribution in [0.15, 0.2) is 48.5 Å². The summed E-state index contributed by atoms with van der Waals surface area (Å²) in [6.45, 7) is 0. The Hall–Kier alpha value is -2.67. The first-order chi connectivity index (χ1) is 10.7. The van der Waals surface area contributed by atoms with E-state index in [1.165, 1.54) is 35.6 Å². The Morgan fingerprint density at radius 3 is 2.45 bits per heavy atom. The predicted octanol–water partition coefficient (Wildman–Crippen LogP) is 3.80. The van der Waals surface area contributed by atoms with E-state index < -0.39 is 0 Å². The molecule has 4 nitrogen and oxygen atoms in total. The lowest BCUT2D eigenvalue weighted by atomic mass is 10.2. The molecule has 0 aliphatic heterocycles. The molecule has 0 fully saturated rings. The molecule has 0 amide bonds. The normalized spacial score (nSPS) is 11.2. The van der Waals surface area contributed by atoms with Crippen LogP contribution in [-0.2, 0) is 0 Å². The Labute approximate surface area is 127 Å². The molecule has 0 unspecified atom stereocenters. The molecule has 0 spiro atoms. The van der Waals surface area contributed by atoms with Gasteiger partial charge in [0, 0.05) is 11.1 Å². The maximum absolute atomic E-state index is 13.4. The molecule has 0 aliphatic rings.